The highest BCUT2D eigenvalue weighted by Crippen LogP contribution is 2.22. The van der Waals surface area contributed by atoms with Crippen LogP contribution in [0.4, 0.5) is 0 Å². The maximum atomic E-state index is 12.6. The summed E-state index contributed by atoms with van der Waals surface area (Å²) < 4.78 is 5.41. The van der Waals surface area contributed by atoms with Crippen molar-refractivity contribution in [2.75, 3.05) is 13.1 Å². The molecule has 1 amide bonds. The van der Waals surface area contributed by atoms with Gasteiger partial charge >= 0.3 is 0 Å². The van der Waals surface area contributed by atoms with E-state index in [9.17, 15) is 4.79 Å². The van der Waals surface area contributed by atoms with Gasteiger partial charge in [0.05, 0.1) is 12.5 Å². The lowest BCUT2D eigenvalue weighted by molar-refractivity contribution is -0.127. The second-order valence-electron chi connectivity index (χ2n) is 7.17. The number of pyridine rings is 1. The third kappa shape index (κ3) is 5.19. The molecular weight excluding hydrogens is 390 g/mol. The Morgan fingerprint density at radius 2 is 2.14 bits per heavy atom. The van der Waals surface area contributed by atoms with Gasteiger partial charge in [-0.1, -0.05) is 28.9 Å². The van der Waals surface area contributed by atoms with Crippen LogP contribution in [0, 0.1) is 5.92 Å². The van der Waals surface area contributed by atoms with Crippen molar-refractivity contribution in [3.05, 3.63) is 65.3 Å². The zero-order valence-corrected chi connectivity index (χ0v) is 16.7. The summed E-state index contributed by atoms with van der Waals surface area (Å²) in [5.41, 5.74) is 1.86. The molecule has 1 atom stereocenters. The minimum absolute atomic E-state index is 0.0408. The van der Waals surface area contributed by atoms with Crippen molar-refractivity contribution in [3.8, 4) is 11.4 Å². The molecule has 1 unspecified atom stereocenters. The predicted molar refractivity (Wildman–Crippen MR) is 109 cm³/mol. The molecule has 29 heavy (non-hydrogen) atoms. The zero-order chi connectivity index (χ0) is 20.1. The Bertz CT molecular complexity index is 962. The number of halogens is 1. The van der Waals surface area contributed by atoms with E-state index in [-0.39, 0.29) is 11.8 Å². The lowest BCUT2D eigenvalue weighted by Gasteiger charge is -2.30. The van der Waals surface area contributed by atoms with Crippen LogP contribution in [0.15, 0.2) is 53.3 Å². The van der Waals surface area contributed by atoms with E-state index in [0.717, 1.165) is 30.5 Å². The van der Waals surface area contributed by atoms with Gasteiger partial charge in [0, 0.05) is 36.1 Å². The molecule has 1 aliphatic rings. The third-order valence-corrected chi connectivity index (χ3v) is 5.24. The molecule has 150 valence electrons. The quantitative estimate of drug-likeness (QED) is 0.669. The number of piperidine rings is 1. The molecule has 1 fully saturated rings. The van der Waals surface area contributed by atoms with E-state index in [4.69, 9.17) is 16.1 Å². The molecule has 0 aliphatic carbocycles. The predicted octanol–water partition coefficient (Wildman–Crippen LogP) is 3.31. The molecule has 1 N–H and O–H groups in total. The van der Waals surface area contributed by atoms with Gasteiger partial charge in [0.1, 0.15) is 0 Å². The Hall–Kier alpha value is -2.77. The summed E-state index contributed by atoms with van der Waals surface area (Å²) in [7, 11) is 0. The first-order valence-corrected chi connectivity index (χ1v) is 10.0. The molecule has 3 heterocycles. The van der Waals surface area contributed by atoms with Crippen LogP contribution >= 0.6 is 11.6 Å². The first kappa shape index (κ1) is 19.5. The number of nitrogens with one attached hydrogen (secondary N) is 1. The van der Waals surface area contributed by atoms with E-state index in [1.165, 1.54) is 0 Å². The third-order valence-electron chi connectivity index (χ3n) is 5.00. The first-order chi connectivity index (χ1) is 14.2. The van der Waals surface area contributed by atoms with Gasteiger partial charge in [0.25, 0.3) is 0 Å². The fraction of sp³-hybridized carbons (Fsp3) is 0.333. The SMILES string of the molecule is O=C(NCc1ccncc1)C1CCCN(Cc2nc(-c3cccc(Cl)c3)no2)C1. The van der Waals surface area contributed by atoms with Gasteiger partial charge in [-0.25, -0.2) is 0 Å². The molecule has 0 bridgehead atoms. The van der Waals surface area contributed by atoms with Crippen LogP contribution in [-0.2, 0) is 17.9 Å². The number of carbonyl (C=O) groups excluding carboxylic acids is 1. The van der Waals surface area contributed by atoms with Crippen molar-refractivity contribution in [2.24, 2.45) is 5.92 Å². The smallest absolute Gasteiger partial charge is 0.241 e. The van der Waals surface area contributed by atoms with Crippen LogP contribution in [0.1, 0.15) is 24.3 Å². The lowest BCUT2D eigenvalue weighted by Crippen LogP contribution is -2.42. The fourth-order valence-electron chi connectivity index (χ4n) is 3.50. The molecule has 1 aromatic carbocycles. The number of carbonyl (C=O) groups is 1. The standard InChI is InChI=1S/C21H22ClN5O2/c22-18-5-1-3-16(11-18)20-25-19(29-26-20)14-27-10-2-4-17(13-27)21(28)24-12-15-6-8-23-9-7-15/h1,3,5-9,11,17H,2,4,10,12-14H2,(H,24,28). The largest absolute Gasteiger partial charge is 0.352 e. The Balaban J connectivity index is 1.32. The second kappa shape index (κ2) is 9.15. The summed E-state index contributed by atoms with van der Waals surface area (Å²) in [6.07, 6.45) is 5.30. The Morgan fingerprint density at radius 1 is 1.28 bits per heavy atom. The van der Waals surface area contributed by atoms with Crippen LogP contribution in [0.5, 0.6) is 0 Å². The van der Waals surface area contributed by atoms with E-state index in [1.54, 1.807) is 24.5 Å². The molecular formula is C21H22ClN5O2. The average molecular weight is 412 g/mol. The van der Waals surface area contributed by atoms with Gasteiger partial charge in [-0.3, -0.25) is 14.7 Å². The van der Waals surface area contributed by atoms with Crippen LogP contribution in [0.3, 0.4) is 0 Å². The van der Waals surface area contributed by atoms with Crippen molar-refractivity contribution in [1.82, 2.24) is 25.3 Å². The van der Waals surface area contributed by atoms with E-state index < -0.39 is 0 Å². The van der Waals surface area contributed by atoms with Crippen molar-refractivity contribution in [3.63, 3.8) is 0 Å². The van der Waals surface area contributed by atoms with E-state index >= 15 is 0 Å². The van der Waals surface area contributed by atoms with Crippen LogP contribution in [0.25, 0.3) is 11.4 Å². The summed E-state index contributed by atoms with van der Waals surface area (Å²) in [6, 6.07) is 11.2. The summed E-state index contributed by atoms with van der Waals surface area (Å²) in [6.45, 7) is 2.63. The van der Waals surface area contributed by atoms with Gasteiger partial charge in [-0.05, 0) is 49.2 Å². The van der Waals surface area contributed by atoms with Gasteiger partial charge in [0.15, 0.2) is 0 Å². The van der Waals surface area contributed by atoms with Crippen molar-refractivity contribution in [2.45, 2.75) is 25.9 Å². The molecule has 1 saturated heterocycles. The van der Waals surface area contributed by atoms with Crippen molar-refractivity contribution >= 4 is 17.5 Å². The topological polar surface area (TPSA) is 84.2 Å². The number of likely N-dealkylation sites (tertiary alicyclic amines) is 1. The monoisotopic (exact) mass is 411 g/mol. The highest BCUT2D eigenvalue weighted by Gasteiger charge is 2.26. The van der Waals surface area contributed by atoms with Gasteiger partial charge < -0.3 is 9.84 Å². The highest BCUT2D eigenvalue weighted by atomic mass is 35.5. The normalized spacial score (nSPS) is 17.2. The average Bonchev–Trinajstić information content (AvgIpc) is 3.21. The molecule has 7 nitrogen and oxygen atoms in total. The zero-order valence-electron chi connectivity index (χ0n) is 15.9. The van der Waals surface area contributed by atoms with Crippen LogP contribution in [0.2, 0.25) is 5.02 Å². The summed E-state index contributed by atoms with van der Waals surface area (Å²) in [5.74, 6) is 1.10. The summed E-state index contributed by atoms with van der Waals surface area (Å²) >= 11 is 6.03. The number of benzene rings is 1. The van der Waals surface area contributed by atoms with Crippen LogP contribution < -0.4 is 5.32 Å². The van der Waals surface area contributed by atoms with Crippen molar-refractivity contribution in [1.29, 1.82) is 0 Å². The second-order valence-corrected chi connectivity index (χ2v) is 7.61. The Morgan fingerprint density at radius 3 is 2.97 bits per heavy atom. The molecule has 0 radical (unpaired) electrons. The summed E-state index contributed by atoms with van der Waals surface area (Å²) in [4.78, 5) is 23.2. The Kier molecular flexibility index (Phi) is 6.17. The van der Waals surface area contributed by atoms with Crippen molar-refractivity contribution < 1.29 is 9.32 Å². The Labute approximate surface area is 174 Å². The number of nitrogens with zero attached hydrogens (tertiary/aromatic N) is 4. The molecule has 1 aliphatic heterocycles. The number of amides is 1. The maximum Gasteiger partial charge on any atom is 0.241 e. The lowest BCUT2D eigenvalue weighted by atomic mass is 9.97. The first-order valence-electron chi connectivity index (χ1n) is 9.65. The van der Waals surface area contributed by atoms with Crippen LogP contribution in [-0.4, -0.2) is 39.0 Å². The number of hydrogen-bond donors (Lipinski definition) is 1. The van der Waals surface area contributed by atoms with Gasteiger partial charge in [0.2, 0.25) is 17.6 Å². The van der Waals surface area contributed by atoms with Gasteiger partial charge in [-0.2, -0.15) is 4.98 Å². The highest BCUT2D eigenvalue weighted by molar-refractivity contribution is 6.30. The van der Waals surface area contributed by atoms with E-state index in [1.807, 2.05) is 24.3 Å². The minimum atomic E-state index is -0.0408. The molecule has 0 spiro atoms. The maximum absolute atomic E-state index is 12.6. The minimum Gasteiger partial charge on any atom is -0.352 e. The van der Waals surface area contributed by atoms with E-state index in [0.29, 0.717) is 36.4 Å². The molecule has 2 aromatic heterocycles. The number of rotatable bonds is 6. The van der Waals surface area contributed by atoms with E-state index in [2.05, 4.69) is 25.3 Å². The molecule has 8 heteroatoms. The molecule has 0 saturated carbocycles. The summed E-state index contributed by atoms with van der Waals surface area (Å²) in [5, 5.41) is 7.71. The molecule has 4 rings (SSSR count). The number of hydrogen-bond acceptors (Lipinski definition) is 6. The fourth-order valence-corrected chi connectivity index (χ4v) is 3.69. The van der Waals surface area contributed by atoms with Gasteiger partial charge in [-0.15, -0.1) is 0 Å². The molecule has 3 aromatic rings. The number of aromatic nitrogens is 3.